The van der Waals surface area contributed by atoms with Gasteiger partial charge >= 0.3 is 5.97 Å². The average molecular weight is 387 g/mol. The molecule has 1 saturated carbocycles. The number of carboxylic acid groups (broad SMARTS) is 1. The normalized spacial score (nSPS) is 16.9. The topological polar surface area (TPSA) is 54.4 Å². The molecule has 1 N–H and O–H groups in total. The molecule has 0 radical (unpaired) electrons. The molecular formula is C25H38O3. The predicted molar refractivity (Wildman–Crippen MR) is 115 cm³/mol. The van der Waals surface area contributed by atoms with Gasteiger partial charge < -0.3 is 5.11 Å². The third-order valence-corrected chi connectivity index (χ3v) is 6.66. The third kappa shape index (κ3) is 5.04. The standard InChI is InChI=1S/C25H38O3/c1-5-6-7-8-9-10-13-21(24(27)28)25(14-11-12-15-25)23(26)22-19(3)16-18(2)17-20(22)4/h16-17,21H,5-15H2,1-4H3,(H,27,28). The van der Waals surface area contributed by atoms with Gasteiger partial charge in [-0.25, -0.2) is 0 Å². The Morgan fingerprint density at radius 2 is 1.50 bits per heavy atom. The Hall–Kier alpha value is -1.64. The monoisotopic (exact) mass is 386 g/mol. The first kappa shape index (κ1) is 22.6. The lowest BCUT2D eigenvalue weighted by atomic mass is 9.66. The van der Waals surface area contributed by atoms with Crippen molar-refractivity contribution in [1.82, 2.24) is 0 Å². The molecule has 1 atom stereocenters. The fourth-order valence-corrected chi connectivity index (χ4v) is 5.29. The van der Waals surface area contributed by atoms with E-state index in [0.29, 0.717) is 19.3 Å². The number of aryl methyl sites for hydroxylation is 3. The Labute approximate surface area is 170 Å². The van der Waals surface area contributed by atoms with Crippen LogP contribution < -0.4 is 0 Å². The van der Waals surface area contributed by atoms with E-state index in [1.54, 1.807) is 0 Å². The molecule has 0 bridgehead atoms. The Morgan fingerprint density at radius 1 is 0.964 bits per heavy atom. The van der Waals surface area contributed by atoms with Crippen LogP contribution in [0.5, 0.6) is 0 Å². The number of benzene rings is 1. The van der Waals surface area contributed by atoms with Gasteiger partial charge in [0.25, 0.3) is 0 Å². The molecule has 0 saturated heterocycles. The van der Waals surface area contributed by atoms with Crippen molar-refractivity contribution in [2.45, 2.75) is 98.3 Å². The third-order valence-electron chi connectivity index (χ3n) is 6.66. The Bertz CT molecular complexity index is 660. The van der Waals surface area contributed by atoms with Gasteiger partial charge in [0, 0.05) is 11.0 Å². The Kier molecular flexibility index (Phi) is 8.27. The van der Waals surface area contributed by atoms with E-state index in [1.807, 2.05) is 32.9 Å². The maximum atomic E-state index is 13.8. The highest BCUT2D eigenvalue weighted by Crippen LogP contribution is 2.49. The molecular weight excluding hydrogens is 348 g/mol. The van der Waals surface area contributed by atoms with E-state index in [0.717, 1.165) is 54.4 Å². The van der Waals surface area contributed by atoms with Crippen LogP contribution in [0.2, 0.25) is 0 Å². The van der Waals surface area contributed by atoms with Crippen molar-refractivity contribution >= 4 is 11.8 Å². The van der Waals surface area contributed by atoms with Crippen molar-refractivity contribution in [2.24, 2.45) is 11.3 Å². The zero-order valence-corrected chi connectivity index (χ0v) is 18.3. The van der Waals surface area contributed by atoms with Gasteiger partial charge in [0.05, 0.1) is 5.92 Å². The molecule has 0 amide bonds. The first-order valence-electron chi connectivity index (χ1n) is 11.2. The van der Waals surface area contributed by atoms with Crippen molar-refractivity contribution in [3.63, 3.8) is 0 Å². The number of Topliss-reactive ketones (excluding diaryl/α,β-unsaturated/α-hetero) is 1. The second-order valence-corrected chi connectivity index (χ2v) is 8.91. The molecule has 156 valence electrons. The van der Waals surface area contributed by atoms with E-state index in [1.165, 1.54) is 19.3 Å². The highest BCUT2D eigenvalue weighted by Gasteiger charge is 2.50. The van der Waals surface area contributed by atoms with Crippen LogP contribution in [-0.2, 0) is 4.79 Å². The van der Waals surface area contributed by atoms with E-state index in [-0.39, 0.29) is 5.78 Å². The summed E-state index contributed by atoms with van der Waals surface area (Å²) < 4.78 is 0. The van der Waals surface area contributed by atoms with Gasteiger partial charge in [0.15, 0.2) is 5.78 Å². The summed E-state index contributed by atoms with van der Waals surface area (Å²) >= 11 is 0. The number of carbonyl (C=O) groups is 2. The Balaban J connectivity index is 2.24. The number of hydrogen-bond donors (Lipinski definition) is 1. The number of aliphatic carboxylic acids is 1. The van der Waals surface area contributed by atoms with Crippen LogP contribution in [0.4, 0.5) is 0 Å². The molecule has 1 aliphatic rings. The van der Waals surface area contributed by atoms with E-state index in [4.69, 9.17) is 0 Å². The number of rotatable bonds is 11. The number of carbonyl (C=O) groups excluding carboxylic acids is 1. The summed E-state index contributed by atoms with van der Waals surface area (Å²) in [5, 5.41) is 10.1. The van der Waals surface area contributed by atoms with E-state index in [2.05, 4.69) is 6.92 Å². The number of unbranched alkanes of at least 4 members (excludes halogenated alkanes) is 5. The highest BCUT2D eigenvalue weighted by atomic mass is 16.4. The van der Waals surface area contributed by atoms with Gasteiger partial charge in [0.1, 0.15) is 0 Å². The van der Waals surface area contributed by atoms with Crippen molar-refractivity contribution in [3.8, 4) is 0 Å². The smallest absolute Gasteiger partial charge is 0.307 e. The SMILES string of the molecule is CCCCCCCCC(C(=O)O)C1(C(=O)c2c(C)cc(C)cc2C)CCCC1. The van der Waals surface area contributed by atoms with Crippen LogP contribution in [0, 0.1) is 32.1 Å². The lowest BCUT2D eigenvalue weighted by Crippen LogP contribution is -2.41. The fourth-order valence-electron chi connectivity index (χ4n) is 5.29. The first-order valence-corrected chi connectivity index (χ1v) is 11.2. The minimum Gasteiger partial charge on any atom is -0.481 e. The quantitative estimate of drug-likeness (QED) is 0.336. The van der Waals surface area contributed by atoms with E-state index >= 15 is 0 Å². The number of carboxylic acids is 1. The first-order chi connectivity index (χ1) is 13.3. The second-order valence-electron chi connectivity index (χ2n) is 8.91. The van der Waals surface area contributed by atoms with E-state index in [9.17, 15) is 14.7 Å². The summed E-state index contributed by atoms with van der Waals surface area (Å²) in [6.45, 7) is 8.21. The van der Waals surface area contributed by atoms with Gasteiger partial charge in [-0.05, 0) is 51.2 Å². The summed E-state index contributed by atoms with van der Waals surface area (Å²) in [5.41, 5.74) is 3.16. The van der Waals surface area contributed by atoms with Gasteiger partial charge in [0.2, 0.25) is 0 Å². The minimum atomic E-state index is -0.786. The summed E-state index contributed by atoms with van der Waals surface area (Å²) in [5.74, 6) is -1.27. The van der Waals surface area contributed by atoms with Crippen molar-refractivity contribution in [2.75, 3.05) is 0 Å². The zero-order valence-electron chi connectivity index (χ0n) is 18.3. The molecule has 2 rings (SSSR count). The van der Waals surface area contributed by atoms with Crippen molar-refractivity contribution in [3.05, 3.63) is 34.4 Å². The second kappa shape index (κ2) is 10.2. The van der Waals surface area contributed by atoms with E-state index < -0.39 is 17.3 Å². The van der Waals surface area contributed by atoms with Gasteiger partial charge in [-0.2, -0.15) is 0 Å². The largest absolute Gasteiger partial charge is 0.481 e. The molecule has 0 spiro atoms. The van der Waals surface area contributed by atoms with Crippen LogP contribution >= 0.6 is 0 Å². The maximum absolute atomic E-state index is 13.8. The van der Waals surface area contributed by atoms with Gasteiger partial charge in [-0.15, -0.1) is 0 Å². The lowest BCUT2D eigenvalue weighted by molar-refractivity contribution is -0.146. The molecule has 0 aromatic heterocycles. The maximum Gasteiger partial charge on any atom is 0.307 e. The van der Waals surface area contributed by atoms with Crippen LogP contribution in [-0.4, -0.2) is 16.9 Å². The van der Waals surface area contributed by atoms with Crippen LogP contribution in [0.15, 0.2) is 12.1 Å². The lowest BCUT2D eigenvalue weighted by Gasteiger charge is -2.35. The van der Waals surface area contributed by atoms with Crippen LogP contribution in [0.1, 0.15) is 105 Å². The Morgan fingerprint density at radius 3 is 2.04 bits per heavy atom. The number of hydrogen-bond acceptors (Lipinski definition) is 2. The molecule has 28 heavy (non-hydrogen) atoms. The minimum absolute atomic E-state index is 0.0818. The molecule has 3 heteroatoms. The molecule has 0 aliphatic heterocycles. The number of ketones is 1. The van der Waals surface area contributed by atoms with Crippen LogP contribution in [0.25, 0.3) is 0 Å². The van der Waals surface area contributed by atoms with Crippen molar-refractivity contribution < 1.29 is 14.7 Å². The zero-order chi connectivity index (χ0) is 20.7. The molecule has 3 nitrogen and oxygen atoms in total. The van der Waals surface area contributed by atoms with Crippen LogP contribution in [0.3, 0.4) is 0 Å². The molecule has 1 aromatic carbocycles. The van der Waals surface area contributed by atoms with Gasteiger partial charge in [-0.1, -0.05) is 76.0 Å². The summed E-state index contributed by atoms with van der Waals surface area (Å²) in [6, 6.07) is 4.10. The predicted octanol–water partition coefficient (Wildman–Crippen LogP) is 6.81. The molecule has 1 aliphatic carbocycles. The van der Waals surface area contributed by atoms with Crippen molar-refractivity contribution in [1.29, 1.82) is 0 Å². The fraction of sp³-hybridized carbons (Fsp3) is 0.680. The summed E-state index contributed by atoms with van der Waals surface area (Å²) in [4.78, 5) is 26.0. The summed E-state index contributed by atoms with van der Waals surface area (Å²) in [6.07, 6.45) is 10.8. The molecule has 1 fully saturated rings. The average Bonchev–Trinajstić information content (AvgIpc) is 3.10. The molecule has 0 heterocycles. The highest BCUT2D eigenvalue weighted by molar-refractivity contribution is 6.05. The molecule has 1 aromatic rings. The van der Waals surface area contributed by atoms with Gasteiger partial charge in [-0.3, -0.25) is 9.59 Å². The molecule has 1 unspecified atom stereocenters. The summed E-state index contributed by atoms with van der Waals surface area (Å²) in [7, 11) is 0.